The minimum absolute atomic E-state index is 0.163. The van der Waals surface area contributed by atoms with Crippen molar-refractivity contribution < 1.29 is 18.0 Å². The number of aromatic nitrogens is 1. The molecular formula is C11H10F3N3O. The van der Waals surface area contributed by atoms with E-state index in [4.69, 9.17) is 5.73 Å². The average molecular weight is 257 g/mol. The summed E-state index contributed by atoms with van der Waals surface area (Å²) in [7, 11) is 0. The van der Waals surface area contributed by atoms with Gasteiger partial charge >= 0.3 is 6.18 Å². The molecule has 2 N–H and O–H groups in total. The first kappa shape index (κ1) is 13.9. The van der Waals surface area contributed by atoms with Crippen molar-refractivity contribution in [1.29, 1.82) is 0 Å². The molecule has 1 aromatic heterocycles. The fourth-order valence-electron chi connectivity index (χ4n) is 1.12. The third kappa shape index (κ3) is 4.36. The summed E-state index contributed by atoms with van der Waals surface area (Å²) in [5.74, 6) is 0. The van der Waals surface area contributed by atoms with Gasteiger partial charge in [-0.25, -0.2) is 4.98 Å². The van der Waals surface area contributed by atoms with E-state index in [1.165, 1.54) is 12.1 Å². The van der Waals surface area contributed by atoms with E-state index >= 15 is 0 Å². The molecule has 18 heavy (non-hydrogen) atoms. The molecule has 0 aliphatic rings. The number of aldehydes is 1. The van der Waals surface area contributed by atoms with Gasteiger partial charge in [-0.2, -0.15) is 13.2 Å². The van der Waals surface area contributed by atoms with E-state index in [0.29, 0.717) is 6.29 Å². The molecule has 0 amide bonds. The van der Waals surface area contributed by atoms with Crippen molar-refractivity contribution in [3.8, 4) is 0 Å². The van der Waals surface area contributed by atoms with Gasteiger partial charge in [-0.15, -0.1) is 0 Å². The van der Waals surface area contributed by atoms with Crippen LogP contribution in [0.1, 0.15) is 16.2 Å². The number of nitrogens with two attached hydrogens (primary N) is 1. The van der Waals surface area contributed by atoms with E-state index in [9.17, 15) is 18.0 Å². The Kier molecular flexibility index (Phi) is 4.59. The molecule has 0 saturated carbocycles. The normalized spacial score (nSPS) is 12.9. The summed E-state index contributed by atoms with van der Waals surface area (Å²) >= 11 is 0. The predicted octanol–water partition coefficient (Wildman–Crippen LogP) is 1.83. The van der Waals surface area contributed by atoms with Gasteiger partial charge in [0.1, 0.15) is 12.2 Å². The molecule has 1 rings (SSSR count). The van der Waals surface area contributed by atoms with E-state index in [1.54, 1.807) is 6.07 Å². The summed E-state index contributed by atoms with van der Waals surface area (Å²) in [5, 5.41) is 0. The van der Waals surface area contributed by atoms with Crippen molar-refractivity contribution in [1.82, 2.24) is 4.98 Å². The first-order valence-corrected chi connectivity index (χ1v) is 4.87. The maximum atomic E-state index is 11.9. The molecule has 1 aromatic rings. The van der Waals surface area contributed by atoms with Crippen LogP contribution in [-0.4, -0.2) is 30.2 Å². The fourth-order valence-corrected chi connectivity index (χ4v) is 1.12. The summed E-state index contributed by atoms with van der Waals surface area (Å²) in [4.78, 5) is 17.6. The smallest absolute Gasteiger partial charge is 0.404 e. The lowest BCUT2D eigenvalue weighted by Gasteiger charge is -2.03. The maximum Gasteiger partial charge on any atom is 0.407 e. The number of rotatable bonds is 4. The predicted molar refractivity (Wildman–Crippen MR) is 61.2 cm³/mol. The lowest BCUT2D eigenvalue weighted by atomic mass is 10.2. The third-order valence-corrected chi connectivity index (χ3v) is 1.87. The van der Waals surface area contributed by atoms with Crippen LogP contribution in [0.3, 0.4) is 0 Å². The highest BCUT2D eigenvalue weighted by atomic mass is 19.4. The first-order valence-electron chi connectivity index (χ1n) is 4.87. The number of nitrogens with zero attached hydrogens (tertiary/aromatic N) is 2. The molecule has 0 saturated heterocycles. The summed E-state index contributed by atoms with van der Waals surface area (Å²) in [6, 6.07) is 4.54. The molecule has 0 aromatic carbocycles. The topological polar surface area (TPSA) is 68.3 Å². The highest BCUT2D eigenvalue weighted by Gasteiger charge is 2.25. The number of hydrogen-bond acceptors (Lipinski definition) is 4. The maximum absolute atomic E-state index is 11.9. The molecular weight excluding hydrogens is 247 g/mol. The number of aliphatic imine (C=N–C) groups is 1. The van der Waals surface area contributed by atoms with Crippen LogP contribution in [-0.2, 0) is 0 Å². The molecule has 96 valence electrons. The summed E-state index contributed by atoms with van der Waals surface area (Å²) in [5.41, 5.74) is 5.94. The SMILES string of the molecule is N/C=C(\C=NCC(F)(F)F)c1cccc(C=O)n1. The zero-order chi connectivity index (χ0) is 13.6. The van der Waals surface area contributed by atoms with Crippen LogP contribution >= 0.6 is 0 Å². The Balaban J connectivity index is 2.87. The van der Waals surface area contributed by atoms with Crippen molar-refractivity contribution in [2.24, 2.45) is 10.7 Å². The Morgan fingerprint density at radius 2 is 2.17 bits per heavy atom. The quantitative estimate of drug-likeness (QED) is 0.660. The Labute approximate surface area is 101 Å². The van der Waals surface area contributed by atoms with Gasteiger partial charge in [-0.3, -0.25) is 9.79 Å². The number of hydrogen-bond donors (Lipinski definition) is 1. The van der Waals surface area contributed by atoms with Crippen LogP contribution in [0.4, 0.5) is 13.2 Å². The molecule has 0 spiro atoms. The highest BCUT2D eigenvalue weighted by Crippen LogP contribution is 2.15. The number of allylic oxidation sites excluding steroid dienone is 1. The van der Waals surface area contributed by atoms with Crippen molar-refractivity contribution in [2.45, 2.75) is 6.18 Å². The van der Waals surface area contributed by atoms with Gasteiger partial charge in [0, 0.05) is 18.0 Å². The Bertz CT molecular complexity index is 481. The number of halogens is 3. The van der Waals surface area contributed by atoms with Crippen molar-refractivity contribution in [3.63, 3.8) is 0 Å². The zero-order valence-corrected chi connectivity index (χ0v) is 9.19. The van der Waals surface area contributed by atoms with Gasteiger partial charge in [-0.05, 0) is 12.1 Å². The Morgan fingerprint density at radius 3 is 2.72 bits per heavy atom. The second kappa shape index (κ2) is 5.95. The molecule has 0 bridgehead atoms. The van der Waals surface area contributed by atoms with Crippen molar-refractivity contribution >= 4 is 18.1 Å². The minimum Gasteiger partial charge on any atom is -0.404 e. The van der Waals surface area contributed by atoms with Crippen LogP contribution < -0.4 is 5.73 Å². The number of pyridine rings is 1. The molecule has 4 nitrogen and oxygen atoms in total. The molecule has 7 heteroatoms. The van der Waals surface area contributed by atoms with Crippen LogP contribution in [0.2, 0.25) is 0 Å². The van der Waals surface area contributed by atoms with E-state index in [0.717, 1.165) is 12.4 Å². The fraction of sp³-hybridized carbons (Fsp3) is 0.182. The van der Waals surface area contributed by atoms with Gasteiger partial charge in [0.25, 0.3) is 0 Å². The molecule has 0 unspecified atom stereocenters. The third-order valence-electron chi connectivity index (χ3n) is 1.87. The van der Waals surface area contributed by atoms with Crippen LogP contribution in [0.25, 0.3) is 5.57 Å². The zero-order valence-electron chi connectivity index (χ0n) is 9.19. The van der Waals surface area contributed by atoms with Gasteiger partial charge < -0.3 is 5.73 Å². The van der Waals surface area contributed by atoms with E-state index in [-0.39, 0.29) is 17.0 Å². The summed E-state index contributed by atoms with van der Waals surface area (Å²) in [6.45, 7) is -1.29. The highest BCUT2D eigenvalue weighted by molar-refractivity contribution is 6.08. The first-order chi connectivity index (χ1) is 8.46. The largest absolute Gasteiger partial charge is 0.407 e. The molecule has 0 aliphatic carbocycles. The van der Waals surface area contributed by atoms with Crippen molar-refractivity contribution in [3.05, 3.63) is 35.8 Å². The van der Waals surface area contributed by atoms with Gasteiger partial charge in [0.15, 0.2) is 6.29 Å². The number of carbonyl (C=O) groups is 1. The summed E-state index contributed by atoms with van der Waals surface area (Å²) in [6.07, 6.45) is -1.78. The standard InChI is InChI=1S/C11H10F3N3O/c12-11(13,14)7-16-5-8(4-15)10-3-1-2-9(6-18)17-10/h1-6H,7,15H2/b8-4+,16-5?. The average Bonchev–Trinajstić information content (AvgIpc) is 2.33. The second-order valence-corrected chi connectivity index (χ2v) is 3.27. The molecule has 0 atom stereocenters. The number of alkyl halides is 3. The van der Waals surface area contributed by atoms with Gasteiger partial charge in [0.2, 0.25) is 0 Å². The second-order valence-electron chi connectivity index (χ2n) is 3.27. The van der Waals surface area contributed by atoms with E-state index < -0.39 is 12.7 Å². The summed E-state index contributed by atoms with van der Waals surface area (Å²) < 4.78 is 35.7. The van der Waals surface area contributed by atoms with Gasteiger partial charge in [-0.1, -0.05) is 6.07 Å². The number of carbonyl (C=O) groups excluding carboxylic acids is 1. The monoisotopic (exact) mass is 257 g/mol. The molecule has 0 aliphatic heterocycles. The minimum atomic E-state index is -4.37. The van der Waals surface area contributed by atoms with E-state index in [1.807, 2.05) is 0 Å². The molecule has 0 fully saturated rings. The van der Waals surface area contributed by atoms with Crippen molar-refractivity contribution in [2.75, 3.05) is 6.54 Å². The lowest BCUT2D eigenvalue weighted by Crippen LogP contribution is -2.12. The van der Waals surface area contributed by atoms with E-state index in [2.05, 4.69) is 9.98 Å². The Morgan fingerprint density at radius 1 is 1.44 bits per heavy atom. The lowest BCUT2D eigenvalue weighted by molar-refractivity contribution is -0.118. The Hall–Kier alpha value is -2.18. The van der Waals surface area contributed by atoms with Gasteiger partial charge in [0.05, 0.1) is 5.69 Å². The van der Waals surface area contributed by atoms with Crippen LogP contribution in [0.15, 0.2) is 29.4 Å². The van der Waals surface area contributed by atoms with Crippen LogP contribution in [0, 0.1) is 0 Å². The molecule has 1 heterocycles. The molecule has 0 radical (unpaired) electrons. The van der Waals surface area contributed by atoms with Crippen LogP contribution in [0.5, 0.6) is 0 Å².